The molecule has 0 aromatic carbocycles. The smallest absolute Gasteiger partial charge is 0.249 e. The van der Waals surface area contributed by atoms with Gasteiger partial charge in [-0.2, -0.15) is 0 Å². The predicted octanol–water partition coefficient (Wildman–Crippen LogP) is 2.86. The van der Waals surface area contributed by atoms with E-state index >= 15 is 0 Å². The van der Waals surface area contributed by atoms with Crippen LogP contribution in [0.4, 0.5) is 0 Å². The van der Waals surface area contributed by atoms with Crippen LogP contribution < -0.4 is 5.32 Å². The van der Waals surface area contributed by atoms with Gasteiger partial charge in [-0.1, -0.05) is 46.5 Å². The summed E-state index contributed by atoms with van der Waals surface area (Å²) in [7, 11) is 0. The number of carbonyl (C=O) groups excluding carboxylic acids is 2. The molecule has 4 heteroatoms. The second-order valence-corrected chi connectivity index (χ2v) is 6.91. The molecule has 2 unspecified atom stereocenters. The third-order valence-electron chi connectivity index (χ3n) is 5.10. The highest BCUT2D eigenvalue weighted by atomic mass is 16.2. The van der Waals surface area contributed by atoms with Crippen LogP contribution in [-0.2, 0) is 9.59 Å². The zero-order chi connectivity index (χ0) is 15.5. The van der Waals surface area contributed by atoms with E-state index in [9.17, 15) is 9.59 Å². The molecule has 2 aliphatic rings. The van der Waals surface area contributed by atoms with Gasteiger partial charge in [0, 0.05) is 6.54 Å². The van der Waals surface area contributed by atoms with E-state index < -0.39 is 5.54 Å². The van der Waals surface area contributed by atoms with E-state index in [1.54, 1.807) is 0 Å². The normalized spacial score (nSPS) is 26.8. The second-order valence-electron chi connectivity index (χ2n) is 6.91. The van der Waals surface area contributed by atoms with Crippen molar-refractivity contribution in [3.8, 4) is 0 Å². The Hall–Kier alpha value is -1.06. The molecular formula is C17H30N2O2. The van der Waals surface area contributed by atoms with Crippen molar-refractivity contribution in [1.82, 2.24) is 10.2 Å². The van der Waals surface area contributed by atoms with Crippen molar-refractivity contribution in [2.75, 3.05) is 6.54 Å². The summed E-state index contributed by atoms with van der Waals surface area (Å²) >= 11 is 0. The number of carbonyl (C=O) groups is 2. The Kier molecular flexibility index (Phi) is 5.28. The number of amides is 2. The predicted molar refractivity (Wildman–Crippen MR) is 83.8 cm³/mol. The third kappa shape index (κ3) is 3.24. The summed E-state index contributed by atoms with van der Waals surface area (Å²) in [4.78, 5) is 27.5. The maximum atomic E-state index is 13.1. The molecule has 1 spiro atoms. The largest absolute Gasteiger partial charge is 0.340 e. The lowest BCUT2D eigenvalue weighted by Gasteiger charge is -2.48. The Balaban J connectivity index is 2.20. The fourth-order valence-electron chi connectivity index (χ4n) is 3.96. The average Bonchev–Trinajstić information content (AvgIpc) is 2.46. The Morgan fingerprint density at radius 3 is 2.48 bits per heavy atom. The quantitative estimate of drug-likeness (QED) is 0.847. The first-order valence-corrected chi connectivity index (χ1v) is 8.67. The topological polar surface area (TPSA) is 49.4 Å². The fraction of sp³-hybridized carbons (Fsp3) is 0.882. The molecule has 21 heavy (non-hydrogen) atoms. The van der Waals surface area contributed by atoms with Crippen molar-refractivity contribution in [3.05, 3.63) is 0 Å². The van der Waals surface area contributed by atoms with E-state index in [4.69, 9.17) is 0 Å². The number of rotatable bonds is 5. The minimum absolute atomic E-state index is 0.0581. The molecule has 2 rings (SSSR count). The second kappa shape index (κ2) is 6.80. The minimum Gasteiger partial charge on any atom is -0.340 e. The van der Waals surface area contributed by atoms with E-state index in [0.29, 0.717) is 12.3 Å². The lowest BCUT2D eigenvalue weighted by atomic mass is 9.78. The Bertz CT molecular complexity index is 388. The van der Waals surface area contributed by atoms with Crippen molar-refractivity contribution in [2.45, 2.75) is 83.7 Å². The summed E-state index contributed by atoms with van der Waals surface area (Å²) < 4.78 is 0. The van der Waals surface area contributed by atoms with Gasteiger partial charge < -0.3 is 10.2 Å². The van der Waals surface area contributed by atoms with Crippen molar-refractivity contribution in [2.24, 2.45) is 5.92 Å². The van der Waals surface area contributed by atoms with Crippen LogP contribution >= 0.6 is 0 Å². The van der Waals surface area contributed by atoms with E-state index in [0.717, 1.165) is 45.1 Å². The van der Waals surface area contributed by atoms with Gasteiger partial charge in [-0.15, -0.1) is 0 Å². The summed E-state index contributed by atoms with van der Waals surface area (Å²) in [5.41, 5.74) is -0.590. The van der Waals surface area contributed by atoms with Crippen molar-refractivity contribution in [1.29, 1.82) is 0 Å². The first kappa shape index (κ1) is 16.3. The molecule has 1 heterocycles. The molecule has 0 radical (unpaired) electrons. The van der Waals surface area contributed by atoms with Crippen LogP contribution in [0.2, 0.25) is 0 Å². The Morgan fingerprint density at radius 2 is 1.90 bits per heavy atom. The molecule has 1 saturated heterocycles. The first-order chi connectivity index (χ1) is 10.0. The van der Waals surface area contributed by atoms with Crippen LogP contribution in [0.5, 0.6) is 0 Å². The zero-order valence-corrected chi connectivity index (χ0v) is 13.8. The summed E-state index contributed by atoms with van der Waals surface area (Å²) in [5.74, 6) is 0.693. The van der Waals surface area contributed by atoms with Gasteiger partial charge in [0.05, 0.1) is 0 Å². The van der Waals surface area contributed by atoms with E-state index in [2.05, 4.69) is 19.2 Å². The number of hydrogen-bond donors (Lipinski definition) is 1. The van der Waals surface area contributed by atoms with Crippen LogP contribution in [0.15, 0.2) is 0 Å². The first-order valence-electron chi connectivity index (χ1n) is 8.67. The molecular weight excluding hydrogens is 264 g/mol. The van der Waals surface area contributed by atoms with Gasteiger partial charge >= 0.3 is 0 Å². The van der Waals surface area contributed by atoms with Gasteiger partial charge in [0.15, 0.2) is 0 Å². The van der Waals surface area contributed by atoms with Crippen LogP contribution in [0, 0.1) is 5.92 Å². The highest BCUT2D eigenvalue weighted by Gasteiger charge is 2.50. The molecule has 0 aromatic heterocycles. The van der Waals surface area contributed by atoms with E-state index in [1.165, 1.54) is 6.42 Å². The standard InChI is InChI=1S/C17H30N2O2/c1-4-9-13(3)12-19-14(5-2)15(20)18-17(16(19)21)10-7-6-8-11-17/h13-14H,4-12H2,1-3H3,(H,18,20). The zero-order valence-electron chi connectivity index (χ0n) is 13.8. The molecule has 0 aromatic rings. The van der Waals surface area contributed by atoms with E-state index in [1.807, 2.05) is 11.8 Å². The van der Waals surface area contributed by atoms with Gasteiger partial charge in [0.1, 0.15) is 11.6 Å². The molecule has 1 saturated carbocycles. The van der Waals surface area contributed by atoms with Crippen molar-refractivity contribution < 1.29 is 9.59 Å². The van der Waals surface area contributed by atoms with Gasteiger partial charge in [0.2, 0.25) is 11.8 Å². The SMILES string of the molecule is CCCC(C)CN1C(=O)C2(CCCCC2)NC(=O)C1CC. The highest BCUT2D eigenvalue weighted by molar-refractivity contribution is 5.99. The maximum absolute atomic E-state index is 13.1. The maximum Gasteiger partial charge on any atom is 0.249 e. The molecule has 4 nitrogen and oxygen atoms in total. The van der Waals surface area contributed by atoms with Gasteiger partial charge in [-0.3, -0.25) is 9.59 Å². The van der Waals surface area contributed by atoms with E-state index in [-0.39, 0.29) is 17.9 Å². The molecule has 1 aliphatic carbocycles. The summed E-state index contributed by atoms with van der Waals surface area (Å²) in [6.45, 7) is 7.07. The molecule has 1 aliphatic heterocycles. The molecule has 1 N–H and O–H groups in total. The average molecular weight is 294 g/mol. The summed E-state index contributed by atoms with van der Waals surface area (Å²) in [6.07, 6.45) is 7.81. The molecule has 0 bridgehead atoms. The fourth-order valence-corrected chi connectivity index (χ4v) is 3.96. The van der Waals surface area contributed by atoms with Gasteiger partial charge in [-0.05, 0) is 31.6 Å². The lowest BCUT2D eigenvalue weighted by Crippen LogP contribution is -2.71. The minimum atomic E-state index is -0.590. The molecule has 2 atom stereocenters. The molecule has 2 amide bonds. The number of nitrogens with one attached hydrogen (secondary N) is 1. The number of nitrogens with zero attached hydrogens (tertiary/aromatic N) is 1. The van der Waals surface area contributed by atoms with Crippen molar-refractivity contribution in [3.63, 3.8) is 0 Å². The molecule has 120 valence electrons. The third-order valence-corrected chi connectivity index (χ3v) is 5.10. The van der Waals surface area contributed by atoms with Crippen LogP contribution in [0.3, 0.4) is 0 Å². The molecule has 2 fully saturated rings. The van der Waals surface area contributed by atoms with Gasteiger partial charge in [0.25, 0.3) is 0 Å². The Labute approximate surface area is 128 Å². The van der Waals surface area contributed by atoms with Crippen LogP contribution in [-0.4, -0.2) is 34.8 Å². The number of hydrogen-bond acceptors (Lipinski definition) is 2. The highest BCUT2D eigenvalue weighted by Crippen LogP contribution is 2.34. The van der Waals surface area contributed by atoms with Crippen molar-refractivity contribution >= 4 is 11.8 Å². The monoisotopic (exact) mass is 294 g/mol. The lowest BCUT2D eigenvalue weighted by molar-refractivity contribution is -0.157. The summed E-state index contributed by atoms with van der Waals surface area (Å²) in [6, 6.07) is -0.274. The number of piperazine rings is 1. The van der Waals surface area contributed by atoms with Crippen LogP contribution in [0.25, 0.3) is 0 Å². The van der Waals surface area contributed by atoms with Gasteiger partial charge in [-0.25, -0.2) is 0 Å². The Morgan fingerprint density at radius 1 is 1.24 bits per heavy atom. The van der Waals surface area contributed by atoms with Crippen LogP contribution in [0.1, 0.15) is 72.1 Å². The summed E-state index contributed by atoms with van der Waals surface area (Å²) in [5, 5.41) is 3.09.